The molecular formula is C31H42N4O8. The molecule has 43 heavy (non-hydrogen) atoms. The van der Waals surface area contributed by atoms with Gasteiger partial charge in [-0.05, 0) is 79.7 Å². The number of hydrogen-bond acceptors (Lipinski definition) is 8. The number of nitrogens with zero attached hydrogens (tertiary/aromatic N) is 1. The highest BCUT2D eigenvalue weighted by molar-refractivity contribution is 6.01. The monoisotopic (exact) mass is 598 g/mol. The average Bonchev–Trinajstić information content (AvgIpc) is 3.12. The molecule has 2 aromatic rings. The van der Waals surface area contributed by atoms with Crippen LogP contribution in [-0.4, -0.2) is 66.5 Å². The second-order valence-corrected chi connectivity index (χ2v) is 12.3. The molecule has 3 N–H and O–H groups in total. The van der Waals surface area contributed by atoms with Gasteiger partial charge in [0.25, 0.3) is 11.8 Å². The molecule has 0 saturated carbocycles. The lowest BCUT2D eigenvalue weighted by Crippen LogP contribution is -2.53. The Labute approximate surface area is 252 Å². The van der Waals surface area contributed by atoms with Gasteiger partial charge < -0.3 is 39.8 Å². The van der Waals surface area contributed by atoms with Crippen LogP contribution in [0.2, 0.25) is 0 Å². The van der Waals surface area contributed by atoms with Crippen molar-refractivity contribution in [1.82, 2.24) is 10.6 Å². The molecule has 234 valence electrons. The summed E-state index contributed by atoms with van der Waals surface area (Å²) >= 11 is 0. The minimum Gasteiger partial charge on any atom is -0.489 e. The Morgan fingerprint density at radius 1 is 0.814 bits per heavy atom. The van der Waals surface area contributed by atoms with E-state index in [1.165, 1.54) is 0 Å². The molecule has 2 aliphatic rings. The summed E-state index contributed by atoms with van der Waals surface area (Å²) in [4.78, 5) is 50.1. The highest BCUT2D eigenvalue weighted by Gasteiger charge is 2.35. The molecule has 0 aromatic heterocycles. The second-order valence-electron chi connectivity index (χ2n) is 12.3. The van der Waals surface area contributed by atoms with E-state index in [4.69, 9.17) is 18.9 Å². The van der Waals surface area contributed by atoms with Crippen LogP contribution in [-0.2, 0) is 19.1 Å². The molecular weight excluding hydrogens is 556 g/mol. The van der Waals surface area contributed by atoms with E-state index in [-0.39, 0.29) is 31.1 Å². The van der Waals surface area contributed by atoms with Crippen LogP contribution in [0.3, 0.4) is 0 Å². The van der Waals surface area contributed by atoms with Gasteiger partial charge in [-0.2, -0.15) is 0 Å². The van der Waals surface area contributed by atoms with Crippen LogP contribution in [0.15, 0.2) is 48.5 Å². The summed E-state index contributed by atoms with van der Waals surface area (Å²) in [5.41, 5.74) is 0.0566. The highest BCUT2D eigenvalue weighted by Crippen LogP contribution is 2.32. The lowest BCUT2D eigenvalue weighted by molar-refractivity contribution is -0.121. The maximum atomic E-state index is 12.8. The summed E-state index contributed by atoms with van der Waals surface area (Å²) in [6, 6.07) is 12.8. The van der Waals surface area contributed by atoms with E-state index in [0.717, 1.165) is 0 Å². The van der Waals surface area contributed by atoms with E-state index >= 15 is 0 Å². The number of carbonyl (C=O) groups excluding carboxylic acids is 4. The molecule has 2 aromatic carbocycles. The molecule has 0 saturated heterocycles. The van der Waals surface area contributed by atoms with E-state index in [2.05, 4.69) is 16.0 Å². The Morgan fingerprint density at radius 3 is 1.88 bits per heavy atom. The Balaban J connectivity index is 0.000000238. The molecule has 0 spiro atoms. The van der Waals surface area contributed by atoms with Gasteiger partial charge in [0.2, 0.25) is 0 Å². The maximum Gasteiger partial charge on any atom is 0.408 e. The minimum atomic E-state index is -0.794. The number of anilines is 2. The van der Waals surface area contributed by atoms with Crippen LogP contribution in [0.5, 0.6) is 11.5 Å². The molecule has 2 atom stereocenters. The zero-order valence-electron chi connectivity index (χ0n) is 26.0. The summed E-state index contributed by atoms with van der Waals surface area (Å²) in [6.07, 6.45) is -1.28. The number of benzene rings is 2. The summed E-state index contributed by atoms with van der Waals surface area (Å²) in [7, 11) is 0. The summed E-state index contributed by atoms with van der Waals surface area (Å²) in [5.74, 6) is 0.661. The lowest BCUT2D eigenvalue weighted by Gasteiger charge is -2.28. The van der Waals surface area contributed by atoms with Gasteiger partial charge in [-0.3, -0.25) is 9.59 Å². The van der Waals surface area contributed by atoms with Gasteiger partial charge in [-0.1, -0.05) is 24.3 Å². The Kier molecular flexibility index (Phi) is 10.5. The fourth-order valence-electron chi connectivity index (χ4n) is 4.12. The number of rotatable bonds is 3. The van der Waals surface area contributed by atoms with E-state index < -0.39 is 35.5 Å². The molecule has 4 rings (SSSR count). The van der Waals surface area contributed by atoms with Crippen molar-refractivity contribution >= 4 is 35.4 Å². The summed E-state index contributed by atoms with van der Waals surface area (Å²) < 4.78 is 21.6. The van der Waals surface area contributed by atoms with E-state index in [1.54, 1.807) is 64.6 Å². The van der Waals surface area contributed by atoms with Gasteiger partial charge in [0.1, 0.15) is 48.0 Å². The molecule has 2 aliphatic heterocycles. The Morgan fingerprint density at radius 2 is 1.30 bits per heavy atom. The molecule has 0 fully saturated rings. The first-order valence-corrected chi connectivity index (χ1v) is 14.1. The molecule has 0 radical (unpaired) electrons. The quantitative estimate of drug-likeness (QED) is 0.464. The molecule has 12 heteroatoms. The van der Waals surface area contributed by atoms with Gasteiger partial charge in [0, 0.05) is 6.04 Å². The normalized spacial score (nSPS) is 18.1. The third-order valence-corrected chi connectivity index (χ3v) is 5.83. The maximum absolute atomic E-state index is 12.8. The molecule has 0 aliphatic carbocycles. The first-order valence-electron chi connectivity index (χ1n) is 14.1. The number of alkyl carbamates (subject to hydrolysis) is 2. The third-order valence-electron chi connectivity index (χ3n) is 5.83. The third kappa shape index (κ3) is 9.79. The predicted molar refractivity (Wildman–Crippen MR) is 161 cm³/mol. The van der Waals surface area contributed by atoms with Gasteiger partial charge in [-0.25, -0.2) is 9.59 Å². The van der Waals surface area contributed by atoms with Gasteiger partial charge in [0.15, 0.2) is 0 Å². The molecule has 2 heterocycles. The topological polar surface area (TPSA) is 145 Å². The number of amides is 4. The van der Waals surface area contributed by atoms with Gasteiger partial charge in [0.05, 0.1) is 11.4 Å². The first kappa shape index (κ1) is 33.0. The zero-order chi connectivity index (χ0) is 31.9. The summed E-state index contributed by atoms with van der Waals surface area (Å²) in [5, 5.41) is 7.82. The van der Waals surface area contributed by atoms with Gasteiger partial charge >= 0.3 is 12.2 Å². The van der Waals surface area contributed by atoms with Gasteiger partial charge in [-0.15, -0.1) is 0 Å². The number of nitrogens with one attached hydrogen (secondary N) is 3. The molecule has 0 unspecified atom stereocenters. The lowest BCUT2D eigenvalue weighted by atomic mass is 10.2. The SMILES string of the molecule is CC(C)(C)OC(=O)N[C@H]1COc2ccccc2NC1=O.CC(C)N1C(=O)[C@@H](NC(=O)OC(C)(C)C)COc2ccccc21. The average molecular weight is 599 g/mol. The Hall–Kier alpha value is -4.48. The predicted octanol–water partition coefficient (Wildman–Crippen LogP) is 4.62. The van der Waals surface area contributed by atoms with Crippen molar-refractivity contribution in [3.63, 3.8) is 0 Å². The van der Waals surface area contributed by atoms with E-state index in [0.29, 0.717) is 22.9 Å². The van der Waals surface area contributed by atoms with Crippen molar-refractivity contribution in [2.45, 2.75) is 84.7 Å². The van der Waals surface area contributed by atoms with Crippen molar-refractivity contribution in [2.24, 2.45) is 0 Å². The first-order chi connectivity index (χ1) is 20.0. The zero-order valence-corrected chi connectivity index (χ0v) is 26.0. The minimum absolute atomic E-state index is 0.0576. The van der Waals surface area contributed by atoms with Crippen molar-refractivity contribution in [3.05, 3.63) is 48.5 Å². The van der Waals surface area contributed by atoms with Crippen LogP contribution in [0.25, 0.3) is 0 Å². The van der Waals surface area contributed by atoms with Crippen molar-refractivity contribution < 1.29 is 38.1 Å². The van der Waals surface area contributed by atoms with Crippen LogP contribution in [0.1, 0.15) is 55.4 Å². The molecule has 12 nitrogen and oxygen atoms in total. The smallest absolute Gasteiger partial charge is 0.408 e. The van der Waals surface area contributed by atoms with Crippen LogP contribution in [0.4, 0.5) is 21.0 Å². The van der Waals surface area contributed by atoms with E-state index in [1.807, 2.05) is 44.2 Å². The number of fused-ring (bicyclic) bond motifs is 2. The molecule has 0 bridgehead atoms. The van der Waals surface area contributed by atoms with Crippen molar-refractivity contribution in [3.8, 4) is 11.5 Å². The largest absolute Gasteiger partial charge is 0.489 e. The number of para-hydroxylation sites is 4. The van der Waals surface area contributed by atoms with E-state index in [9.17, 15) is 19.2 Å². The van der Waals surface area contributed by atoms with Crippen molar-refractivity contribution in [2.75, 3.05) is 23.4 Å². The number of hydrogen-bond donors (Lipinski definition) is 3. The van der Waals surface area contributed by atoms with Crippen LogP contribution in [0, 0.1) is 0 Å². The summed E-state index contributed by atoms with van der Waals surface area (Å²) in [6.45, 7) is 14.6. The fourth-order valence-corrected chi connectivity index (χ4v) is 4.12. The second kappa shape index (κ2) is 13.7. The molecule has 4 amide bonds. The van der Waals surface area contributed by atoms with Crippen LogP contribution < -0.4 is 30.3 Å². The number of ether oxygens (including phenoxy) is 4. The standard InChI is InChI=1S/C17H24N2O4.C14H18N2O4/c1-11(2)19-13-8-6-7-9-14(13)22-10-12(15(19)20)18-16(21)23-17(3,4)5;1-14(2,3)20-13(18)16-10-8-19-11-7-5-4-6-9(11)15-12(10)17/h6-9,11-12H,10H2,1-5H3,(H,18,21);4-7,10H,8H2,1-3H3,(H,15,17)(H,16,18)/t12-;10-/m00/s1. The Bertz CT molecular complexity index is 1320. The van der Waals surface area contributed by atoms with Crippen LogP contribution >= 0.6 is 0 Å². The van der Waals surface area contributed by atoms with Crippen molar-refractivity contribution in [1.29, 1.82) is 0 Å². The highest BCUT2D eigenvalue weighted by atomic mass is 16.6. The number of carbonyl (C=O) groups is 4. The fraction of sp³-hybridized carbons (Fsp3) is 0.484.